The van der Waals surface area contributed by atoms with Gasteiger partial charge in [0.05, 0.1) is 23.3 Å². The Bertz CT molecular complexity index is 1960. The van der Waals surface area contributed by atoms with Crippen molar-refractivity contribution in [3.63, 3.8) is 0 Å². The molecule has 2 N–H and O–H groups in total. The van der Waals surface area contributed by atoms with E-state index in [-0.39, 0.29) is 12.2 Å². The average Bonchev–Trinajstić information content (AvgIpc) is 3.19. The highest BCUT2D eigenvalue weighted by Crippen LogP contribution is 2.48. The third-order valence-corrected chi connectivity index (χ3v) is 7.35. The first kappa shape index (κ1) is 29.8. The Morgan fingerprint density at radius 3 is 2.67 bits per heavy atom. The van der Waals surface area contributed by atoms with Gasteiger partial charge in [0, 0.05) is 29.9 Å². The number of benzene rings is 2. The third-order valence-electron chi connectivity index (χ3n) is 7.35. The third kappa shape index (κ3) is 5.69. The van der Waals surface area contributed by atoms with Crippen molar-refractivity contribution in [2.75, 3.05) is 10.2 Å². The second-order valence-corrected chi connectivity index (χ2v) is 11.8. The second kappa shape index (κ2) is 11.3. The van der Waals surface area contributed by atoms with Gasteiger partial charge < -0.3 is 24.5 Å². The number of amides is 1. The molecular formula is C34H33FN6O4. The number of rotatable bonds is 6. The Labute approximate surface area is 259 Å². The molecule has 0 radical (unpaired) electrons. The van der Waals surface area contributed by atoms with Crippen LogP contribution >= 0.6 is 0 Å². The van der Waals surface area contributed by atoms with Crippen molar-refractivity contribution in [1.29, 1.82) is 0 Å². The number of aryl methyl sites for hydroxylation is 2. The highest BCUT2D eigenvalue weighted by molar-refractivity contribution is 6.12. The van der Waals surface area contributed by atoms with E-state index in [1.54, 1.807) is 39.0 Å². The quantitative estimate of drug-likeness (QED) is 0.155. The predicted molar refractivity (Wildman–Crippen MR) is 171 cm³/mol. The van der Waals surface area contributed by atoms with Crippen LogP contribution in [0.4, 0.5) is 20.7 Å². The van der Waals surface area contributed by atoms with Crippen molar-refractivity contribution in [2.45, 2.75) is 46.1 Å². The standard InChI is InChI=1S/C34H33FN6O4/c1-7-26(42)39-25-14-11-20(16-24(25)35)30-28-23-13-12-22(44-27-10-8-9-19(2)38-27)15-21(23)17-41(33(43)45-34(3,4)5)32-29(28)31(40(30)6)36-18-37-32/h7-16,18,26,39,42H,1,17H2,2-6H3. The summed E-state index contributed by atoms with van der Waals surface area (Å²) >= 11 is 0. The topological polar surface area (TPSA) is 115 Å². The molecule has 6 rings (SSSR count). The van der Waals surface area contributed by atoms with Gasteiger partial charge in [-0.25, -0.2) is 24.1 Å². The molecule has 3 aromatic heterocycles. The van der Waals surface area contributed by atoms with E-state index in [0.29, 0.717) is 39.7 Å². The Kier molecular flexibility index (Phi) is 7.49. The molecule has 4 heterocycles. The van der Waals surface area contributed by atoms with Crippen LogP contribution in [0.25, 0.3) is 33.4 Å². The van der Waals surface area contributed by atoms with Gasteiger partial charge in [0.1, 0.15) is 35.4 Å². The predicted octanol–water partition coefficient (Wildman–Crippen LogP) is 7.11. The molecule has 2 aromatic carbocycles. The first-order valence-electron chi connectivity index (χ1n) is 14.4. The fraction of sp³-hybridized carbons (Fsp3) is 0.235. The number of nitrogens with one attached hydrogen (secondary N) is 1. The number of pyridine rings is 1. The number of ether oxygens (including phenoxy) is 2. The summed E-state index contributed by atoms with van der Waals surface area (Å²) in [5, 5.41) is 13.2. The lowest BCUT2D eigenvalue weighted by Gasteiger charge is -2.26. The zero-order valence-electron chi connectivity index (χ0n) is 25.6. The number of hydrogen-bond acceptors (Lipinski definition) is 8. The summed E-state index contributed by atoms with van der Waals surface area (Å²) in [6.07, 6.45) is 0.995. The van der Waals surface area contributed by atoms with Crippen LogP contribution in [0.3, 0.4) is 0 Å². The molecule has 0 saturated heterocycles. The Balaban J connectivity index is 1.57. The van der Waals surface area contributed by atoms with Gasteiger partial charge in [0.25, 0.3) is 0 Å². The lowest BCUT2D eigenvalue weighted by atomic mass is 9.95. The van der Waals surface area contributed by atoms with Crippen molar-refractivity contribution >= 4 is 28.6 Å². The molecule has 0 fully saturated rings. The number of halogens is 1. The molecule has 1 amide bonds. The fourth-order valence-electron chi connectivity index (χ4n) is 5.46. The first-order valence-corrected chi connectivity index (χ1v) is 14.4. The number of fused-ring (bicyclic) bond motifs is 2. The molecule has 5 aromatic rings. The molecule has 1 unspecified atom stereocenters. The lowest BCUT2D eigenvalue weighted by molar-refractivity contribution is 0.0577. The van der Waals surface area contributed by atoms with Crippen molar-refractivity contribution < 1.29 is 23.8 Å². The number of carbonyl (C=O) groups excluding carboxylic acids is 1. The molecule has 1 aliphatic heterocycles. The van der Waals surface area contributed by atoms with Crippen LogP contribution in [0, 0.1) is 12.7 Å². The molecule has 0 aliphatic carbocycles. The van der Waals surface area contributed by atoms with Crippen LogP contribution in [0.2, 0.25) is 0 Å². The summed E-state index contributed by atoms with van der Waals surface area (Å²) < 4.78 is 29.2. The van der Waals surface area contributed by atoms with Crippen molar-refractivity contribution in [3.8, 4) is 34.0 Å². The van der Waals surface area contributed by atoms with Gasteiger partial charge in [-0.3, -0.25) is 4.90 Å². The van der Waals surface area contributed by atoms with Gasteiger partial charge in [-0.1, -0.05) is 24.8 Å². The number of nitrogens with zero attached hydrogens (tertiary/aromatic N) is 5. The van der Waals surface area contributed by atoms with Crippen molar-refractivity contribution in [2.24, 2.45) is 7.05 Å². The number of hydrogen-bond donors (Lipinski definition) is 2. The number of aliphatic hydroxyl groups excluding tert-OH is 1. The van der Waals surface area contributed by atoms with E-state index in [4.69, 9.17) is 9.47 Å². The van der Waals surface area contributed by atoms with E-state index in [0.717, 1.165) is 22.4 Å². The van der Waals surface area contributed by atoms with Crippen LogP contribution in [0.15, 0.2) is 73.6 Å². The smallest absolute Gasteiger partial charge is 0.416 e. The first-order chi connectivity index (χ1) is 21.4. The summed E-state index contributed by atoms with van der Waals surface area (Å²) in [6.45, 7) is 11.0. The monoisotopic (exact) mass is 608 g/mol. The zero-order chi connectivity index (χ0) is 32.0. The van der Waals surface area contributed by atoms with Crippen LogP contribution in [0.5, 0.6) is 11.6 Å². The maximum atomic E-state index is 15.4. The fourth-order valence-corrected chi connectivity index (χ4v) is 5.46. The molecule has 0 saturated carbocycles. The molecule has 45 heavy (non-hydrogen) atoms. The molecule has 0 spiro atoms. The molecule has 1 aliphatic rings. The van der Waals surface area contributed by atoms with Crippen molar-refractivity contribution in [1.82, 2.24) is 19.5 Å². The number of carbonyl (C=O) groups is 1. The minimum atomic E-state index is -1.11. The number of anilines is 2. The van der Waals surface area contributed by atoms with Gasteiger partial charge in [0.2, 0.25) is 5.88 Å². The van der Waals surface area contributed by atoms with Crippen LogP contribution in [0.1, 0.15) is 32.0 Å². The Hall–Kier alpha value is -5.29. The zero-order valence-corrected chi connectivity index (χ0v) is 25.6. The Morgan fingerprint density at radius 2 is 1.96 bits per heavy atom. The minimum absolute atomic E-state index is 0.124. The van der Waals surface area contributed by atoms with E-state index in [1.165, 1.54) is 23.4 Å². The van der Waals surface area contributed by atoms with E-state index < -0.39 is 23.7 Å². The van der Waals surface area contributed by atoms with Crippen LogP contribution in [-0.4, -0.2) is 42.5 Å². The van der Waals surface area contributed by atoms with Crippen LogP contribution < -0.4 is 15.0 Å². The van der Waals surface area contributed by atoms with E-state index >= 15 is 4.39 Å². The lowest BCUT2D eigenvalue weighted by Crippen LogP contribution is -2.37. The summed E-state index contributed by atoms with van der Waals surface area (Å²) in [5.41, 5.74) is 4.26. The van der Waals surface area contributed by atoms with Gasteiger partial charge in [0.15, 0.2) is 5.82 Å². The average molecular weight is 609 g/mol. The molecule has 1 atom stereocenters. The molecule has 0 bridgehead atoms. The van der Waals surface area contributed by atoms with Crippen molar-refractivity contribution in [3.05, 3.63) is 90.7 Å². The SMILES string of the molecule is C=CC(O)Nc1ccc(-c2c3c4c(ncnc4n2C)N(C(=O)OC(C)(C)C)Cc2cc(Oc4cccc(C)n4)ccc2-3)cc1F. The highest BCUT2D eigenvalue weighted by atomic mass is 19.1. The largest absolute Gasteiger partial charge is 0.443 e. The van der Waals surface area contributed by atoms with E-state index in [9.17, 15) is 9.90 Å². The van der Waals surface area contributed by atoms with Gasteiger partial charge in [-0.15, -0.1) is 0 Å². The molecule has 10 nitrogen and oxygen atoms in total. The summed E-state index contributed by atoms with van der Waals surface area (Å²) in [6, 6.07) is 15.9. The summed E-state index contributed by atoms with van der Waals surface area (Å²) in [4.78, 5) is 28.8. The van der Waals surface area contributed by atoms with E-state index in [1.807, 2.05) is 48.9 Å². The number of aromatic nitrogens is 4. The molecule has 230 valence electrons. The van der Waals surface area contributed by atoms with E-state index in [2.05, 4.69) is 26.8 Å². The second-order valence-electron chi connectivity index (χ2n) is 11.8. The van der Waals surface area contributed by atoms with Gasteiger partial charge in [-0.05, 0) is 75.2 Å². The van der Waals surface area contributed by atoms with Crippen LogP contribution in [-0.2, 0) is 18.3 Å². The normalized spacial score (nSPS) is 13.2. The maximum Gasteiger partial charge on any atom is 0.416 e. The molecular weight excluding hydrogens is 575 g/mol. The number of aliphatic hydroxyl groups is 1. The van der Waals surface area contributed by atoms with Gasteiger partial charge >= 0.3 is 6.09 Å². The summed E-state index contributed by atoms with van der Waals surface area (Å²) in [5.74, 6) is 0.785. The summed E-state index contributed by atoms with van der Waals surface area (Å²) in [7, 11) is 1.84. The minimum Gasteiger partial charge on any atom is -0.443 e. The molecule has 11 heteroatoms. The maximum absolute atomic E-state index is 15.4. The highest BCUT2D eigenvalue weighted by Gasteiger charge is 2.34. The van der Waals surface area contributed by atoms with Gasteiger partial charge in [-0.2, -0.15) is 0 Å². The Morgan fingerprint density at radius 1 is 1.16 bits per heavy atom.